The largest absolute Gasteiger partial charge is 0.480 e. The third-order valence-electron chi connectivity index (χ3n) is 4.76. The van der Waals surface area contributed by atoms with Crippen LogP contribution in [0.2, 0.25) is 0 Å². The maximum atomic E-state index is 9.58. The minimum absolute atomic E-state index is 0.0533. The lowest BCUT2D eigenvalue weighted by Gasteiger charge is -2.20. The first-order valence-electron chi connectivity index (χ1n) is 9.96. The van der Waals surface area contributed by atoms with Crippen molar-refractivity contribution in [3.8, 4) is 18.2 Å². The van der Waals surface area contributed by atoms with Gasteiger partial charge in [0.15, 0.2) is 11.3 Å². The van der Waals surface area contributed by atoms with Crippen molar-refractivity contribution < 1.29 is 4.74 Å². The van der Waals surface area contributed by atoms with Gasteiger partial charge in [-0.25, -0.2) is 0 Å². The van der Waals surface area contributed by atoms with Gasteiger partial charge in [0, 0.05) is 9.81 Å². The summed E-state index contributed by atoms with van der Waals surface area (Å²) in [6.07, 6.45) is 13.9. The fourth-order valence-electron chi connectivity index (χ4n) is 2.93. The van der Waals surface area contributed by atoms with Gasteiger partial charge in [-0.05, 0) is 63.0 Å². The number of hydrogen-bond donors (Lipinski definition) is 0. The molecular formula is C26H25N3OS2. The molecule has 2 rings (SSSR count). The standard InChI is InChI=1S/C26H25N3OS2/c1-17(9-7-8-10-18(2)13-24-31-19(3)20(4)32-24)11-12-23-22(16-29)25(21(14-27)15-28)30-26(23,5)6/h7-13H,1-6H3/b8-7+,12-11+,17-9+,18-10+. The smallest absolute Gasteiger partial charge is 0.172 e. The van der Waals surface area contributed by atoms with Gasteiger partial charge < -0.3 is 4.74 Å². The number of nitriles is 3. The monoisotopic (exact) mass is 459 g/mol. The van der Waals surface area contributed by atoms with Crippen LogP contribution in [0.3, 0.4) is 0 Å². The van der Waals surface area contributed by atoms with Gasteiger partial charge in [0.2, 0.25) is 0 Å². The van der Waals surface area contributed by atoms with Crippen LogP contribution in [0, 0.1) is 34.0 Å². The highest BCUT2D eigenvalue weighted by Crippen LogP contribution is 2.48. The van der Waals surface area contributed by atoms with Crippen LogP contribution < -0.4 is 0 Å². The average molecular weight is 460 g/mol. The Morgan fingerprint density at radius 1 is 0.938 bits per heavy atom. The molecule has 0 saturated heterocycles. The molecule has 0 saturated carbocycles. The molecule has 0 amide bonds. The molecule has 2 heterocycles. The Balaban J connectivity index is 2.16. The van der Waals surface area contributed by atoms with E-state index in [9.17, 15) is 5.26 Å². The molecule has 0 fully saturated rings. The van der Waals surface area contributed by atoms with Crippen LogP contribution in [-0.4, -0.2) is 5.60 Å². The molecule has 6 heteroatoms. The van der Waals surface area contributed by atoms with E-state index in [-0.39, 0.29) is 16.9 Å². The van der Waals surface area contributed by atoms with Crippen molar-refractivity contribution in [3.63, 3.8) is 0 Å². The van der Waals surface area contributed by atoms with Crippen molar-refractivity contribution in [3.05, 3.63) is 90.2 Å². The topological polar surface area (TPSA) is 80.6 Å². The summed E-state index contributed by atoms with van der Waals surface area (Å²) in [6, 6.07) is 5.68. The lowest BCUT2D eigenvalue weighted by atomic mass is 9.94. The summed E-state index contributed by atoms with van der Waals surface area (Å²) in [5, 5.41) is 27.9. The fraction of sp³-hybridized carbons (Fsp3) is 0.269. The maximum Gasteiger partial charge on any atom is 0.172 e. The van der Waals surface area contributed by atoms with Gasteiger partial charge in [-0.1, -0.05) is 65.6 Å². The summed E-state index contributed by atoms with van der Waals surface area (Å²) in [5.74, 6) is 0.0533. The minimum atomic E-state index is -0.804. The lowest BCUT2D eigenvalue weighted by Crippen LogP contribution is -2.20. The predicted molar refractivity (Wildman–Crippen MR) is 133 cm³/mol. The number of nitrogens with zero attached hydrogens (tertiary/aromatic N) is 3. The van der Waals surface area contributed by atoms with Crippen LogP contribution in [0.15, 0.2) is 90.2 Å². The van der Waals surface area contributed by atoms with E-state index in [0.717, 1.165) is 5.57 Å². The molecule has 0 radical (unpaired) electrons. The zero-order valence-corrected chi connectivity index (χ0v) is 20.7. The van der Waals surface area contributed by atoms with Crippen molar-refractivity contribution >= 4 is 23.5 Å². The number of thioether (sulfide) groups is 2. The maximum absolute atomic E-state index is 9.58. The molecule has 0 aromatic rings. The Morgan fingerprint density at radius 2 is 1.50 bits per heavy atom. The van der Waals surface area contributed by atoms with Gasteiger partial charge in [-0.2, -0.15) is 15.8 Å². The van der Waals surface area contributed by atoms with Gasteiger partial charge in [-0.15, -0.1) is 0 Å². The average Bonchev–Trinajstić information content (AvgIpc) is 3.18. The molecule has 162 valence electrons. The van der Waals surface area contributed by atoms with Crippen molar-refractivity contribution in [2.75, 3.05) is 0 Å². The Labute approximate surface area is 199 Å². The van der Waals surface area contributed by atoms with Gasteiger partial charge >= 0.3 is 0 Å². The van der Waals surface area contributed by atoms with E-state index in [1.165, 1.54) is 19.6 Å². The number of ether oxygens (including phenoxy) is 1. The minimum Gasteiger partial charge on any atom is -0.480 e. The molecule has 0 N–H and O–H groups in total. The van der Waals surface area contributed by atoms with Crippen LogP contribution in [0.4, 0.5) is 0 Å². The van der Waals surface area contributed by atoms with Crippen LogP contribution in [0.25, 0.3) is 0 Å². The van der Waals surface area contributed by atoms with E-state index >= 15 is 0 Å². The third kappa shape index (κ3) is 6.21. The van der Waals surface area contributed by atoms with Crippen LogP contribution in [0.5, 0.6) is 0 Å². The second-order valence-corrected chi connectivity index (χ2v) is 10.5. The molecule has 0 unspecified atom stereocenters. The molecule has 0 aliphatic carbocycles. The van der Waals surface area contributed by atoms with Crippen molar-refractivity contribution in [1.82, 2.24) is 0 Å². The highest BCUT2D eigenvalue weighted by atomic mass is 32.2. The molecular weight excluding hydrogens is 434 g/mol. The van der Waals surface area contributed by atoms with E-state index < -0.39 is 5.60 Å². The quantitative estimate of drug-likeness (QED) is 0.313. The van der Waals surface area contributed by atoms with E-state index in [2.05, 4.69) is 39.0 Å². The van der Waals surface area contributed by atoms with Crippen molar-refractivity contribution in [2.24, 2.45) is 0 Å². The summed E-state index contributed by atoms with van der Waals surface area (Å²) in [4.78, 5) is 2.72. The van der Waals surface area contributed by atoms with E-state index in [1.807, 2.05) is 74.7 Å². The molecule has 0 aromatic heterocycles. The Hall–Kier alpha value is -3.11. The summed E-state index contributed by atoms with van der Waals surface area (Å²) < 4.78 is 7.06. The zero-order chi connectivity index (χ0) is 23.9. The SMILES string of the molecule is CC1=C(C)SC(=C/C(C)=C/C=C/C=C(C)/C=C/C2=C(C#N)C(=C(C#N)C#N)OC2(C)C)S1. The number of rotatable bonds is 5. The Morgan fingerprint density at radius 3 is 2.03 bits per heavy atom. The Bertz CT molecular complexity index is 1150. The lowest BCUT2D eigenvalue weighted by molar-refractivity contribution is 0.0954. The summed E-state index contributed by atoms with van der Waals surface area (Å²) >= 11 is 3.63. The van der Waals surface area contributed by atoms with Gasteiger partial charge in [0.1, 0.15) is 29.4 Å². The van der Waals surface area contributed by atoms with Crippen molar-refractivity contribution in [1.29, 1.82) is 15.8 Å². The molecule has 4 nitrogen and oxygen atoms in total. The van der Waals surface area contributed by atoms with E-state index in [1.54, 1.807) is 12.1 Å². The van der Waals surface area contributed by atoms with Crippen LogP contribution in [-0.2, 0) is 4.74 Å². The number of allylic oxidation sites excluding steroid dienone is 12. The molecule has 0 spiro atoms. The number of hydrogen-bond acceptors (Lipinski definition) is 6. The van der Waals surface area contributed by atoms with Crippen LogP contribution >= 0.6 is 23.5 Å². The van der Waals surface area contributed by atoms with E-state index in [4.69, 9.17) is 15.3 Å². The second kappa shape index (κ2) is 11.0. The third-order valence-corrected chi connectivity index (χ3v) is 7.25. The first-order valence-corrected chi connectivity index (χ1v) is 11.6. The zero-order valence-electron chi connectivity index (χ0n) is 19.1. The predicted octanol–water partition coefficient (Wildman–Crippen LogP) is 7.49. The molecule has 0 bridgehead atoms. The van der Waals surface area contributed by atoms with Crippen LogP contribution in [0.1, 0.15) is 41.5 Å². The van der Waals surface area contributed by atoms with Gasteiger partial charge in [-0.3, -0.25) is 0 Å². The molecule has 0 atom stereocenters. The highest BCUT2D eigenvalue weighted by molar-refractivity contribution is 8.28. The first kappa shape index (κ1) is 25.2. The summed E-state index contributed by atoms with van der Waals surface area (Å²) in [6.45, 7) is 12.0. The highest BCUT2D eigenvalue weighted by Gasteiger charge is 2.38. The summed E-state index contributed by atoms with van der Waals surface area (Å²) in [7, 11) is 0. The molecule has 2 aliphatic heterocycles. The van der Waals surface area contributed by atoms with Gasteiger partial charge in [0.25, 0.3) is 0 Å². The van der Waals surface area contributed by atoms with Crippen molar-refractivity contribution in [2.45, 2.75) is 47.1 Å². The second-order valence-electron chi connectivity index (χ2n) is 7.76. The van der Waals surface area contributed by atoms with Gasteiger partial charge in [0.05, 0.1) is 0 Å². The molecule has 2 aliphatic rings. The van der Waals surface area contributed by atoms with E-state index in [0.29, 0.717) is 5.57 Å². The first-order chi connectivity index (χ1) is 15.1. The fourth-order valence-corrected chi connectivity index (χ4v) is 5.47. The molecule has 0 aromatic carbocycles. The molecule has 32 heavy (non-hydrogen) atoms. The Kier molecular flexibility index (Phi) is 8.62. The normalized spacial score (nSPS) is 18.8. The summed E-state index contributed by atoms with van der Waals surface area (Å²) in [5.41, 5.74) is 2.03.